The number of rotatable bonds is 11. The minimum atomic E-state index is -0.377. The molecule has 2 aromatic rings. The van der Waals surface area contributed by atoms with Crippen molar-refractivity contribution in [3.05, 3.63) is 65.7 Å². The standard InChI is InChI=1S/C31H38O4/c1-2-25-9-5-6-10-27(25)30(33)35-26-11-12-28(29(18-26)34-14-8-4-3-7-13-32)31-19-22-15-23(20-31)17-24(16-22)21-31/h2,5-6,9-12,18,22-24,32H,1,3-4,7-8,13-17,19-21H2. The first-order valence-electron chi connectivity index (χ1n) is 13.4. The Bertz CT molecular complexity index is 1020. The van der Waals surface area contributed by atoms with Gasteiger partial charge in [-0.2, -0.15) is 0 Å². The molecule has 4 aliphatic carbocycles. The maximum absolute atomic E-state index is 12.9. The number of hydrogen-bond acceptors (Lipinski definition) is 4. The van der Waals surface area contributed by atoms with Crippen molar-refractivity contribution < 1.29 is 19.4 Å². The predicted molar refractivity (Wildman–Crippen MR) is 139 cm³/mol. The maximum atomic E-state index is 12.9. The van der Waals surface area contributed by atoms with Gasteiger partial charge in [0.2, 0.25) is 0 Å². The Morgan fingerprint density at radius 3 is 2.34 bits per heavy atom. The molecule has 0 unspecified atom stereocenters. The van der Waals surface area contributed by atoms with E-state index in [2.05, 4.69) is 12.6 Å². The Hall–Kier alpha value is -2.59. The van der Waals surface area contributed by atoms with Crippen molar-refractivity contribution in [1.29, 1.82) is 0 Å². The van der Waals surface area contributed by atoms with E-state index in [4.69, 9.17) is 14.6 Å². The third kappa shape index (κ3) is 5.18. The van der Waals surface area contributed by atoms with Gasteiger partial charge < -0.3 is 14.6 Å². The smallest absolute Gasteiger partial charge is 0.344 e. The zero-order chi connectivity index (χ0) is 24.3. The molecule has 4 bridgehead atoms. The summed E-state index contributed by atoms with van der Waals surface area (Å²) >= 11 is 0. The Balaban J connectivity index is 1.38. The van der Waals surface area contributed by atoms with Crippen molar-refractivity contribution in [2.75, 3.05) is 13.2 Å². The van der Waals surface area contributed by atoms with Crippen LogP contribution in [0.4, 0.5) is 0 Å². The van der Waals surface area contributed by atoms with Crippen LogP contribution in [0, 0.1) is 17.8 Å². The van der Waals surface area contributed by atoms with Gasteiger partial charge in [-0.3, -0.25) is 0 Å². The fourth-order valence-corrected chi connectivity index (χ4v) is 7.34. The van der Waals surface area contributed by atoms with E-state index in [1.807, 2.05) is 30.3 Å². The monoisotopic (exact) mass is 474 g/mol. The van der Waals surface area contributed by atoms with E-state index in [0.717, 1.165) is 54.7 Å². The van der Waals surface area contributed by atoms with Crippen LogP contribution in [0.5, 0.6) is 11.5 Å². The van der Waals surface area contributed by atoms with E-state index in [9.17, 15) is 4.79 Å². The molecule has 2 aromatic carbocycles. The van der Waals surface area contributed by atoms with Gasteiger partial charge in [0.25, 0.3) is 0 Å². The lowest BCUT2D eigenvalue weighted by Gasteiger charge is -2.57. The highest BCUT2D eigenvalue weighted by atomic mass is 16.5. The summed E-state index contributed by atoms with van der Waals surface area (Å²) in [6, 6.07) is 13.4. The normalized spacial score (nSPS) is 26.5. The number of aliphatic hydroxyl groups is 1. The molecule has 0 heterocycles. The summed E-state index contributed by atoms with van der Waals surface area (Å²) in [7, 11) is 0. The van der Waals surface area contributed by atoms with Gasteiger partial charge in [-0.25, -0.2) is 4.79 Å². The lowest BCUT2D eigenvalue weighted by molar-refractivity contribution is -0.00641. The van der Waals surface area contributed by atoms with Gasteiger partial charge in [0.15, 0.2) is 0 Å². The molecule has 6 rings (SSSR count). The van der Waals surface area contributed by atoms with Crippen LogP contribution in [0.2, 0.25) is 0 Å². The number of aliphatic hydroxyl groups excluding tert-OH is 1. The molecule has 0 aliphatic heterocycles. The summed E-state index contributed by atoms with van der Waals surface area (Å²) < 4.78 is 12.2. The number of hydrogen-bond donors (Lipinski definition) is 1. The zero-order valence-corrected chi connectivity index (χ0v) is 20.7. The van der Waals surface area contributed by atoms with Crippen molar-refractivity contribution in [2.24, 2.45) is 17.8 Å². The lowest BCUT2D eigenvalue weighted by Crippen LogP contribution is -2.48. The van der Waals surface area contributed by atoms with Crippen LogP contribution in [-0.2, 0) is 5.41 Å². The molecule has 4 aliphatic rings. The highest BCUT2D eigenvalue weighted by molar-refractivity contribution is 5.94. The molecule has 0 spiro atoms. The van der Waals surface area contributed by atoms with E-state index in [1.165, 1.54) is 44.1 Å². The second-order valence-electron chi connectivity index (χ2n) is 11.0. The molecular weight excluding hydrogens is 436 g/mol. The van der Waals surface area contributed by atoms with Gasteiger partial charge in [-0.15, -0.1) is 0 Å². The highest BCUT2D eigenvalue weighted by Gasteiger charge is 2.52. The van der Waals surface area contributed by atoms with Crippen LogP contribution in [0.1, 0.15) is 85.7 Å². The Labute approximate surface area is 209 Å². The fraction of sp³-hybridized carbons (Fsp3) is 0.516. The molecule has 0 saturated heterocycles. The zero-order valence-electron chi connectivity index (χ0n) is 20.7. The summed E-state index contributed by atoms with van der Waals surface area (Å²) in [5.74, 6) is 3.58. The van der Waals surface area contributed by atoms with E-state index in [1.54, 1.807) is 12.1 Å². The second-order valence-corrected chi connectivity index (χ2v) is 11.0. The maximum Gasteiger partial charge on any atom is 0.344 e. The SMILES string of the molecule is C=Cc1ccccc1C(=O)Oc1ccc(C23CC4CC(CC(C4)C2)C3)c(OCCCCCCO)c1. The number of ether oxygens (including phenoxy) is 2. The van der Waals surface area contributed by atoms with Crippen LogP contribution in [0.25, 0.3) is 6.08 Å². The summed E-state index contributed by atoms with van der Waals surface area (Å²) in [5, 5.41) is 9.03. The molecule has 1 N–H and O–H groups in total. The molecule has 0 amide bonds. The fourth-order valence-electron chi connectivity index (χ4n) is 7.34. The van der Waals surface area contributed by atoms with Crippen LogP contribution in [-0.4, -0.2) is 24.3 Å². The van der Waals surface area contributed by atoms with Gasteiger partial charge in [0, 0.05) is 18.2 Å². The number of carbonyl (C=O) groups is 1. The molecule has 0 aromatic heterocycles. The van der Waals surface area contributed by atoms with Crippen LogP contribution < -0.4 is 9.47 Å². The molecule has 35 heavy (non-hydrogen) atoms. The summed E-state index contributed by atoms with van der Waals surface area (Å²) in [4.78, 5) is 12.9. The summed E-state index contributed by atoms with van der Waals surface area (Å²) in [5.41, 5.74) is 2.80. The van der Waals surface area contributed by atoms with Crippen molar-refractivity contribution in [3.63, 3.8) is 0 Å². The molecule has 4 nitrogen and oxygen atoms in total. The van der Waals surface area contributed by atoms with E-state index < -0.39 is 0 Å². The predicted octanol–water partition coefficient (Wildman–Crippen LogP) is 6.95. The Morgan fingerprint density at radius 1 is 0.971 bits per heavy atom. The van der Waals surface area contributed by atoms with Crippen molar-refractivity contribution in [2.45, 2.75) is 69.6 Å². The average molecular weight is 475 g/mol. The first-order valence-corrected chi connectivity index (χ1v) is 13.4. The molecule has 4 heteroatoms. The topological polar surface area (TPSA) is 55.8 Å². The van der Waals surface area contributed by atoms with Crippen LogP contribution in [0.15, 0.2) is 49.0 Å². The summed E-state index contributed by atoms with van der Waals surface area (Å²) in [6.45, 7) is 4.71. The Morgan fingerprint density at radius 2 is 1.66 bits per heavy atom. The minimum Gasteiger partial charge on any atom is -0.493 e. The van der Waals surface area contributed by atoms with Gasteiger partial charge in [0.1, 0.15) is 11.5 Å². The molecule has 4 saturated carbocycles. The lowest BCUT2D eigenvalue weighted by atomic mass is 9.48. The minimum absolute atomic E-state index is 0.207. The Kier molecular flexibility index (Phi) is 7.29. The molecular formula is C31H38O4. The second kappa shape index (κ2) is 10.6. The van der Waals surface area contributed by atoms with Crippen molar-refractivity contribution in [3.8, 4) is 11.5 Å². The third-order valence-corrected chi connectivity index (χ3v) is 8.48. The molecule has 4 fully saturated rings. The number of unbranched alkanes of at least 4 members (excludes halogenated alkanes) is 3. The molecule has 0 radical (unpaired) electrons. The average Bonchev–Trinajstić information content (AvgIpc) is 2.85. The third-order valence-electron chi connectivity index (χ3n) is 8.48. The van der Waals surface area contributed by atoms with Gasteiger partial charge >= 0.3 is 5.97 Å². The van der Waals surface area contributed by atoms with E-state index in [-0.39, 0.29) is 18.0 Å². The quantitative estimate of drug-likeness (QED) is 0.218. The van der Waals surface area contributed by atoms with E-state index >= 15 is 0 Å². The summed E-state index contributed by atoms with van der Waals surface area (Å²) in [6.07, 6.45) is 13.5. The van der Waals surface area contributed by atoms with E-state index in [0.29, 0.717) is 17.9 Å². The van der Waals surface area contributed by atoms with Gasteiger partial charge in [-0.1, -0.05) is 43.3 Å². The number of carbonyl (C=O) groups excluding carboxylic acids is 1. The largest absolute Gasteiger partial charge is 0.493 e. The van der Waals surface area contributed by atoms with Gasteiger partial charge in [-0.05, 0) is 98.7 Å². The van der Waals surface area contributed by atoms with Crippen molar-refractivity contribution in [1.82, 2.24) is 0 Å². The van der Waals surface area contributed by atoms with Crippen LogP contribution in [0.3, 0.4) is 0 Å². The first kappa shape index (κ1) is 24.1. The van der Waals surface area contributed by atoms with Crippen molar-refractivity contribution >= 4 is 12.0 Å². The molecule has 0 atom stereocenters. The van der Waals surface area contributed by atoms with Gasteiger partial charge in [0.05, 0.1) is 12.2 Å². The molecule has 186 valence electrons. The number of esters is 1. The van der Waals surface area contributed by atoms with Crippen LogP contribution >= 0.6 is 0 Å². The number of benzene rings is 2. The highest BCUT2D eigenvalue weighted by Crippen LogP contribution is 2.62. The first-order chi connectivity index (χ1) is 17.1.